The molecule has 1 heterocycles. The van der Waals surface area contributed by atoms with Crippen molar-refractivity contribution in [2.24, 2.45) is 0 Å². The summed E-state index contributed by atoms with van der Waals surface area (Å²) in [5, 5.41) is 6.88. The number of halogens is 2. The molecule has 0 atom stereocenters. The van der Waals surface area contributed by atoms with Gasteiger partial charge in [0.25, 0.3) is 0 Å². The van der Waals surface area contributed by atoms with Gasteiger partial charge in [0.1, 0.15) is 0 Å². The molecule has 136 valence electrons. The van der Waals surface area contributed by atoms with Gasteiger partial charge in [-0.25, -0.2) is 9.59 Å². The molecule has 0 aromatic heterocycles. The Kier molecular flexibility index (Phi) is 5.85. The third-order valence-corrected chi connectivity index (χ3v) is 4.55. The number of carbonyl (C=O) groups excluding carboxylic acids is 2. The van der Waals surface area contributed by atoms with Crippen LogP contribution < -0.4 is 10.6 Å². The molecule has 2 N–H and O–H groups in total. The van der Waals surface area contributed by atoms with Gasteiger partial charge in [0.15, 0.2) is 0 Å². The summed E-state index contributed by atoms with van der Waals surface area (Å²) in [5.74, 6) is 0. The Bertz CT molecular complexity index is 705. The lowest BCUT2D eigenvalue weighted by Gasteiger charge is -2.34. The Labute approximate surface area is 161 Å². The first-order chi connectivity index (χ1) is 12.5. The van der Waals surface area contributed by atoms with Gasteiger partial charge in [-0.15, -0.1) is 0 Å². The molecule has 0 aliphatic carbocycles. The summed E-state index contributed by atoms with van der Waals surface area (Å²) in [4.78, 5) is 28.0. The highest BCUT2D eigenvalue weighted by Crippen LogP contribution is 2.16. The van der Waals surface area contributed by atoms with Crippen LogP contribution in [0.3, 0.4) is 0 Å². The summed E-state index contributed by atoms with van der Waals surface area (Å²) in [6.45, 7) is 1.86. The Morgan fingerprint density at radius 1 is 0.654 bits per heavy atom. The normalized spacial score (nSPS) is 14.1. The number of nitrogens with zero attached hydrogens (tertiary/aromatic N) is 2. The van der Waals surface area contributed by atoms with Crippen molar-refractivity contribution in [1.82, 2.24) is 9.80 Å². The number of urea groups is 2. The van der Waals surface area contributed by atoms with Crippen LogP contribution in [0.1, 0.15) is 0 Å². The summed E-state index contributed by atoms with van der Waals surface area (Å²) in [7, 11) is 0. The number of hydrogen-bond donors (Lipinski definition) is 2. The van der Waals surface area contributed by atoms with E-state index >= 15 is 0 Å². The molecule has 2 aromatic carbocycles. The lowest BCUT2D eigenvalue weighted by Crippen LogP contribution is -2.52. The Morgan fingerprint density at radius 3 is 1.27 bits per heavy atom. The Hall–Kier alpha value is -2.44. The molecule has 0 unspecified atom stereocenters. The van der Waals surface area contributed by atoms with Crippen LogP contribution in [0.25, 0.3) is 0 Å². The molecule has 0 radical (unpaired) electrons. The highest BCUT2D eigenvalue weighted by atomic mass is 35.5. The minimum atomic E-state index is -0.190. The second kappa shape index (κ2) is 8.29. The predicted molar refractivity (Wildman–Crippen MR) is 104 cm³/mol. The zero-order chi connectivity index (χ0) is 18.5. The maximum absolute atomic E-state index is 12.3. The fourth-order valence-electron chi connectivity index (χ4n) is 2.58. The fraction of sp³-hybridized carbons (Fsp3) is 0.222. The topological polar surface area (TPSA) is 64.7 Å². The second-order valence-electron chi connectivity index (χ2n) is 5.85. The maximum atomic E-state index is 12.3. The Morgan fingerprint density at radius 2 is 0.962 bits per heavy atom. The predicted octanol–water partition coefficient (Wildman–Crippen LogP) is 4.38. The van der Waals surface area contributed by atoms with Crippen LogP contribution in [0.4, 0.5) is 21.0 Å². The Balaban J connectivity index is 1.48. The average molecular weight is 393 g/mol. The van der Waals surface area contributed by atoms with Crippen LogP contribution >= 0.6 is 23.2 Å². The van der Waals surface area contributed by atoms with Gasteiger partial charge in [-0.2, -0.15) is 0 Å². The van der Waals surface area contributed by atoms with E-state index in [4.69, 9.17) is 23.2 Å². The largest absolute Gasteiger partial charge is 0.321 e. The summed E-state index contributed by atoms with van der Waals surface area (Å²) in [5.41, 5.74) is 1.37. The molecular weight excluding hydrogens is 375 g/mol. The number of hydrogen-bond acceptors (Lipinski definition) is 2. The van der Waals surface area contributed by atoms with Gasteiger partial charge >= 0.3 is 12.1 Å². The van der Waals surface area contributed by atoms with Crippen molar-refractivity contribution in [3.63, 3.8) is 0 Å². The minimum Gasteiger partial charge on any atom is -0.321 e. The van der Waals surface area contributed by atoms with E-state index in [1.54, 1.807) is 58.3 Å². The van der Waals surface area contributed by atoms with Crippen LogP contribution in [0, 0.1) is 0 Å². The molecule has 1 saturated heterocycles. The number of piperazine rings is 1. The first-order valence-corrected chi connectivity index (χ1v) is 8.90. The van der Waals surface area contributed by atoms with Crippen LogP contribution in [-0.2, 0) is 0 Å². The number of nitrogens with one attached hydrogen (secondary N) is 2. The van der Waals surface area contributed by atoms with E-state index in [0.717, 1.165) is 0 Å². The van der Waals surface area contributed by atoms with Crippen LogP contribution in [-0.4, -0.2) is 48.0 Å². The average Bonchev–Trinajstić information content (AvgIpc) is 2.65. The molecule has 1 aliphatic heterocycles. The third-order valence-electron chi connectivity index (χ3n) is 4.05. The van der Waals surface area contributed by atoms with E-state index in [9.17, 15) is 9.59 Å². The number of anilines is 2. The first-order valence-electron chi connectivity index (χ1n) is 8.14. The molecule has 6 nitrogen and oxygen atoms in total. The van der Waals surface area contributed by atoms with E-state index < -0.39 is 0 Å². The number of rotatable bonds is 2. The third kappa shape index (κ3) is 4.80. The fourth-order valence-corrected chi connectivity index (χ4v) is 2.84. The zero-order valence-corrected chi connectivity index (χ0v) is 15.4. The summed E-state index contributed by atoms with van der Waals surface area (Å²) in [6, 6.07) is 13.5. The van der Waals surface area contributed by atoms with Crippen molar-refractivity contribution in [1.29, 1.82) is 0 Å². The van der Waals surface area contributed by atoms with Gasteiger partial charge in [0.05, 0.1) is 0 Å². The van der Waals surface area contributed by atoms with E-state index in [2.05, 4.69) is 10.6 Å². The summed E-state index contributed by atoms with van der Waals surface area (Å²) < 4.78 is 0. The SMILES string of the molecule is O=C(Nc1ccc(Cl)cc1)N1CCN(C(=O)Nc2ccc(Cl)cc2)CC1. The van der Waals surface area contributed by atoms with Crippen LogP contribution in [0.5, 0.6) is 0 Å². The van der Waals surface area contributed by atoms with Gasteiger partial charge in [0.2, 0.25) is 0 Å². The van der Waals surface area contributed by atoms with Crippen molar-refractivity contribution in [3.05, 3.63) is 58.6 Å². The van der Waals surface area contributed by atoms with Crippen molar-refractivity contribution in [2.45, 2.75) is 0 Å². The van der Waals surface area contributed by atoms with E-state index in [1.165, 1.54) is 0 Å². The van der Waals surface area contributed by atoms with Gasteiger partial charge in [-0.05, 0) is 48.5 Å². The molecule has 26 heavy (non-hydrogen) atoms. The lowest BCUT2D eigenvalue weighted by molar-refractivity contribution is 0.156. The molecule has 1 aliphatic rings. The van der Waals surface area contributed by atoms with Crippen molar-refractivity contribution in [2.75, 3.05) is 36.8 Å². The van der Waals surface area contributed by atoms with Crippen LogP contribution in [0.15, 0.2) is 48.5 Å². The molecule has 3 rings (SSSR count). The van der Waals surface area contributed by atoms with Gasteiger partial charge in [-0.1, -0.05) is 23.2 Å². The first kappa shape index (κ1) is 18.4. The van der Waals surface area contributed by atoms with Gasteiger partial charge in [-0.3, -0.25) is 0 Å². The number of amides is 4. The van der Waals surface area contributed by atoms with Gasteiger partial charge < -0.3 is 20.4 Å². The highest BCUT2D eigenvalue weighted by Gasteiger charge is 2.24. The van der Waals surface area contributed by atoms with E-state index in [1.807, 2.05) is 0 Å². The number of carbonyl (C=O) groups is 2. The molecule has 0 saturated carbocycles. The second-order valence-corrected chi connectivity index (χ2v) is 6.72. The highest BCUT2D eigenvalue weighted by molar-refractivity contribution is 6.30. The molecule has 1 fully saturated rings. The van der Waals surface area contributed by atoms with Crippen molar-refractivity contribution in [3.8, 4) is 0 Å². The smallest absolute Gasteiger partial charge is 0.321 e. The van der Waals surface area contributed by atoms with Crippen molar-refractivity contribution >= 4 is 46.6 Å². The molecule has 0 bridgehead atoms. The quantitative estimate of drug-likeness (QED) is 0.796. The van der Waals surface area contributed by atoms with E-state index in [-0.39, 0.29) is 12.1 Å². The maximum Gasteiger partial charge on any atom is 0.321 e. The van der Waals surface area contributed by atoms with Crippen LogP contribution in [0.2, 0.25) is 10.0 Å². The monoisotopic (exact) mass is 392 g/mol. The molecule has 4 amide bonds. The number of benzene rings is 2. The lowest BCUT2D eigenvalue weighted by atomic mass is 10.3. The molecule has 8 heteroatoms. The standard InChI is InChI=1S/C18H18Cl2N4O2/c19-13-1-5-15(6-2-13)21-17(25)23-9-11-24(12-10-23)18(26)22-16-7-3-14(20)4-8-16/h1-8H,9-12H2,(H,21,25)(H,22,26). The van der Waals surface area contributed by atoms with Crippen molar-refractivity contribution < 1.29 is 9.59 Å². The van der Waals surface area contributed by atoms with E-state index in [0.29, 0.717) is 47.6 Å². The zero-order valence-electron chi connectivity index (χ0n) is 13.9. The molecule has 2 aromatic rings. The van der Waals surface area contributed by atoms with Gasteiger partial charge in [0, 0.05) is 47.6 Å². The minimum absolute atomic E-state index is 0.190. The molecule has 0 spiro atoms. The summed E-state index contributed by atoms with van der Waals surface area (Å²) >= 11 is 11.7. The molecular formula is C18H18Cl2N4O2. The summed E-state index contributed by atoms with van der Waals surface area (Å²) in [6.07, 6.45) is 0.